The van der Waals surface area contributed by atoms with Crippen molar-refractivity contribution in [3.8, 4) is 0 Å². The predicted octanol–water partition coefficient (Wildman–Crippen LogP) is 3.40. The quantitative estimate of drug-likeness (QED) is 0.727. The number of aryl methyl sites for hydroxylation is 2. The van der Waals surface area contributed by atoms with E-state index in [4.69, 9.17) is 0 Å². The van der Waals surface area contributed by atoms with Crippen molar-refractivity contribution in [1.29, 1.82) is 0 Å². The molecule has 3 rings (SSSR count). The standard InChI is InChI=1S/C19H22N4O3S/c1-12-13(2)27-18(20-12)22-16(24)10-4-3-7-11-23-17(25)14-8-5-6-9-15(14)21-19(23)26/h5-6,8-9,14H,3-4,7,10-11H2,1-2H3,(H,20,22,24). The van der Waals surface area contributed by atoms with Gasteiger partial charge in [-0.15, -0.1) is 11.3 Å². The normalized spacial score (nSPS) is 18.5. The third-order valence-corrected chi connectivity index (χ3v) is 5.54. The highest BCUT2D eigenvalue weighted by Gasteiger charge is 2.35. The number of imide groups is 1. The first-order chi connectivity index (χ1) is 13.0. The number of carbonyl (C=O) groups excluding carboxylic acids is 3. The Morgan fingerprint density at radius 3 is 2.78 bits per heavy atom. The van der Waals surface area contributed by atoms with Gasteiger partial charge in [0.25, 0.3) is 0 Å². The summed E-state index contributed by atoms with van der Waals surface area (Å²) in [5.41, 5.74) is 1.44. The topological polar surface area (TPSA) is 91.7 Å². The number of hydrogen-bond acceptors (Lipinski definition) is 5. The molecule has 0 saturated carbocycles. The molecular formula is C19H22N4O3S. The van der Waals surface area contributed by atoms with Crippen LogP contribution in [0, 0.1) is 19.8 Å². The number of amides is 4. The first kappa shape index (κ1) is 19.2. The van der Waals surface area contributed by atoms with Crippen LogP contribution in [0.4, 0.5) is 9.93 Å². The summed E-state index contributed by atoms with van der Waals surface area (Å²) in [4.78, 5) is 47.0. The highest BCUT2D eigenvalue weighted by atomic mass is 32.1. The van der Waals surface area contributed by atoms with Crippen molar-refractivity contribution in [2.45, 2.75) is 39.5 Å². The first-order valence-corrected chi connectivity index (χ1v) is 9.80. The van der Waals surface area contributed by atoms with E-state index in [0.717, 1.165) is 17.0 Å². The van der Waals surface area contributed by atoms with Crippen molar-refractivity contribution in [3.63, 3.8) is 0 Å². The maximum absolute atomic E-state index is 12.4. The summed E-state index contributed by atoms with van der Waals surface area (Å²) in [6, 6.07) is -0.501. The third-order valence-electron chi connectivity index (χ3n) is 4.55. The molecule has 27 heavy (non-hydrogen) atoms. The van der Waals surface area contributed by atoms with Gasteiger partial charge in [0.15, 0.2) is 5.13 Å². The summed E-state index contributed by atoms with van der Waals surface area (Å²) >= 11 is 1.47. The lowest BCUT2D eigenvalue weighted by Gasteiger charge is -2.28. The molecule has 2 heterocycles. The fourth-order valence-electron chi connectivity index (χ4n) is 2.93. The van der Waals surface area contributed by atoms with Crippen LogP contribution in [0.25, 0.3) is 0 Å². The van der Waals surface area contributed by atoms with E-state index in [1.54, 1.807) is 24.3 Å². The molecule has 142 valence electrons. The van der Waals surface area contributed by atoms with Gasteiger partial charge in [0.05, 0.1) is 17.3 Å². The molecule has 2 aliphatic rings. The van der Waals surface area contributed by atoms with Crippen LogP contribution in [-0.2, 0) is 9.59 Å². The van der Waals surface area contributed by atoms with Crippen LogP contribution in [0.3, 0.4) is 0 Å². The van der Waals surface area contributed by atoms with Crippen LogP contribution in [-0.4, -0.2) is 40.0 Å². The Bertz CT molecular complexity index is 834. The van der Waals surface area contributed by atoms with Crippen molar-refractivity contribution < 1.29 is 14.4 Å². The fraction of sp³-hybridized carbons (Fsp3) is 0.421. The van der Waals surface area contributed by atoms with E-state index in [2.05, 4.69) is 15.3 Å². The number of rotatable bonds is 7. The molecule has 1 aromatic rings. The Morgan fingerprint density at radius 2 is 2.04 bits per heavy atom. The number of thiazole rings is 1. The second-order valence-electron chi connectivity index (χ2n) is 6.55. The van der Waals surface area contributed by atoms with E-state index in [1.807, 2.05) is 13.8 Å². The van der Waals surface area contributed by atoms with Gasteiger partial charge in [-0.05, 0) is 32.8 Å². The number of hydrogen-bond donors (Lipinski definition) is 1. The Hall–Kier alpha value is -2.61. The molecule has 1 N–H and O–H groups in total. The van der Waals surface area contributed by atoms with Gasteiger partial charge in [-0.25, -0.2) is 9.78 Å². The Kier molecular flexibility index (Phi) is 5.95. The summed E-state index contributed by atoms with van der Waals surface area (Å²) in [6.45, 7) is 4.21. The highest BCUT2D eigenvalue weighted by molar-refractivity contribution is 7.15. The number of anilines is 1. The monoisotopic (exact) mass is 386 g/mol. The van der Waals surface area contributed by atoms with E-state index >= 15 is 0 Å². The zero-order chi connectivity index (χ0) is 19.4. The van der Waals surface area contributed by atoms with E-state index in [-0.39, 0.29) is 11.8 Å². The molecular weight excluding hydrogens is 364 g/mol. The molecule has 1 unspecified atom stereocenters. The van der Waals surface area contributed by atoms with E-state index < -0.39 is 11.9 Å². The minimum atomic E-state index is -0.501. The molecule has 0 saturated heterocycles. The zero-order valence-electron chi connectivity index (χ0n) is 15.4. The number of carbonyl (C=O) groups is 3. The Balaban J connectivity index is 1.40. The Labute approximate surface area is 161 Å². The number of allylic oxidation sites excluding steroid dienone is 3. The van der Waals surface area contributed by atoms with Gasteiger partial charge in [-0.2, -0.15) is 4.99 Å². The molecule has 1 aliphatic heterocycles. The maximum atomic E-state index is 12.4. The van der Waals surface area contributed by atoms with E-state index in [0.29, 0.717) is 36.7 Å². The lowest BCUT2D eigenvalue weighted by molar-refractivity contribution is -0.129. The molecule has 0 bridgehead atoms. The first-order valence-electron chi connectivity index (χ1n) is 8.98. The maximum Gasteiger partial charge on any atom is 0.350 e. The van der Waals surface area contributed by atoms with Gasteiger partial charge >= 0.3 is 6.03 Å². The minimum absolute atomic E-state index is 0.0674. The molecule has 4 amide bonds. The average molecular weight is 386 g/mol. The summed E-state index contributed by atoms with van der Waals surface area (Å²) < 4.78 is 0. The molecule has 8 heteroatoms. The van der Waals surface area contributed by atoms with Crippen molar-refractivity contribution in [2.24, 2.45) is 10.9 Å². The van der Waals surface area contributed by atoms with Crippen LogP contribution < -0.4 is 5.32 Å². The molecule has 0 aromatic carbocycles. The van der Waals surface area contributed by atoms with Crippen LogP contribution >= 0.6 is 11.3 Å². The summed E-state index contributed by atoms with van der Waals surface area (Å²) in [5, 5.41) is 3.43. The summed E-state index contributed by atoms with van der Waals surface area (Å²) in [5.74, 6) is -0.746. The van der Waals surface area contributed by atoms with Crippen LogP contribution in [0.15, 0.2) is 29.3 Å². The van der Waals surface area contributed by atoms with Gasteiger partial charge < -0.3 is 5.32 Å². The molecule has 1 aliphatic carbocycles. The van der Waals surface area contributed by atoms with Gasteiger partial charge in [-0.1, -0.05) is 24.6 Å². The molecule has 1 aromatic heterocycles. The lowest BCUT2D eigenvalue weighted by atomic mass is 9.95. The Morgan fingerprint density at radius 1 is 1.22 bits per heavy atom. The molecule has 1 atom stereocenters. The SMILES string of the molecule is Cc1nc(NC(=O)CCCCCN2C(=O)N=C3C=CC=CC3C2=O)sc1C. The van der Waals surface area contributed by atoms with Crippen molar-refractivity contribution in [3.05, 3.63) is 34.9 Å². The van der Waals surface area contributed by atoms with Crippen LogP contribution in [0.5, 0.6) is 0 Å². The highest BCUT2D eigenvalue weighted by Crippen LogP contribution is 2.22. The number of unbranched alkanes of at least 4 members (excludes halogenated alkanes) is 2. The van der Waals surface area contributed by atoms with E-state index in [1.165, 1.54) is 16.2 Å². The van der Waals surface area contributed by atoms with Crippen LogP contribution in [0.1, 0.15) is 36.3 Å². The average Bonchev–Trinajstić information content (AvgIpc) is 2.94. The molecule has 0 spiro atoms. The number of aliphatic imine (C=N–C) groups is 1. The largest absolute Gasteiger partial charge is 0.350 e. The fourth-order valence-corrected chi connectivity index (χ4v) is 3.76. The summed E-state index contributed by atoms with van der Waals surface area (Å²) in [6.07, 6.45) is 9.48. The molecule has 0 fully saturated rings. The van der Waals surface area contributed by atoms with Gasteiger partial charge in [-0.3, -0.25) is 14.5 Å². The second kappa shape index (κ2) is 8.39. The van der Waals surface area contributed by atoms with Gasteiger partial charge in [0.1, 0.15) is 0 Å². The minimum Gasteiger partial charge on any atom is -0.302 e. The smallest absolute Gasteiger partial charge is 0.302 e. The lowest BCUT2D eigenvalue weighted by Crippen LogP contribution is -2.46. The number of urea groups is 1. The molecule has 0 radical (unpaired) electrons. The second-order valence-corrected chi connectivity index (χ2v) is 7.75. The number of fused-ring (bicyclic) bond motifs is 1. The van der Waals surface area contributed by atoms with Crippen molar-refractivity contribution >= 4 is 40.0 Å². The van der Waals surface area contributed by atoms with Crippen molar-refractivity contribution in [2.75, 3.05) is 11.9 Å². The number of nitrogens with one attached hydrogen (secondary N) is 1. The van der Waals surface area contributed by atoms with Gasteiger partial charge in [0.2, 0.25) is 11.8 Å². The van der Waals surface area contributed by atoms with Gasteiger partial charge in [0, 0.05) is 17.8 Å². The molecule has 7 nitrogen and oxygen atoms in total. The third kappa shape index (κ3) is 4.57. The zero-order valence-corrected chi connectivity index (χ0v) is 16.2. The summed E-state index contributed by atoms with van der Waals surface area (Å²) in [7, 11) is 0. The number of aromatic nitrogens is 1. The predicted molar refractivity (Wildman–Crippen MR) is 105 cm³/mol. The number of nitrogens with zero attached hydrogens (tertiary/aromatic N) is 3. The van der Waals surface area contributed by atoms with Crippen molar-refractivity contribution in [1.82, 2.24) is 9.88 Å². The van der Waals surface area contributed by atoms with E-state index in [9.17, 15) is 14.4 Å². The van der Waals surface area contributed by atoms with Crippen LogP contribution in [0.2, 0.25) is 0 Å².